The molecule has 0 saturated carbocycles. The Labute approximate surface area is 99.9 Å². The molecule has 0 aromatic heterocycles. The van der Waals surface area contributed by atoms with E-state index in [1.54, 1.807) is 24.3 Å². The van der Waals surface area contributed by atoms with Crippen molar-refractivity contribution < 1.29 is 12.8 Å². The number of rotatable bonds is 4. The molecule has 0 heterocycles. The van der Waals surface area contributed by atoms with Crippen LogP contribution in [0.4, 0.5) is 4.39 Å². The lowest BCUT2D eigenvalue weighted by atomic mass is 9.99. The van der Waals surface area contributed by atoms with E-state index in [1.165, 1.54) is 13.8 Å². The minimum absolute atomic E-state index is 0.227. The maximum atomic E-state index is 13.4. The number of hydrogen-bond acceptors (Lipinski definition) is 2. The van der Waals surface area contributed by atoms with E-state index in [-0.39, 0.29) is 12.2 Å². The second kappa shape index (κ2) is 4.72. The summed E-state index contributed by atoms with van der Waals surface area (Å²) in [5, 5.41) is 0. The van der Waals surface area contributed by atoms with Crippen LogP contribution in [0, 0.1) is 0 Å². The Bertz CT molecular complexity index is 463. The van der Waals surface area contributed by atoms with Gasteiger partial charge in [0.05, 0.1) is 5.75 Å². The van der Waals surface area contributed by atoms with Crippen molar-refractivity contribution in [1.82, 2.24) is 0 Å². The van der Waals surface area contributed by atoms with Gasteiger partial charge in [0.1, 0.15) is 5.67 Å². The van der Waals surface area contributed by atoms with Crippen LogP contribution in [0.2, 0.25) is 0 Å². The molecule has 16 heavy (non-hydrogen) atoms. The average molecular weight is 265 g/mol. The zero-order valence-corrected chi connectivity index (χ0v) is 10.8. The first kappa shape index (κ1) is 13.5. The standard InChI is InChI=1S/C11H14ClFO2S/c1-11(2,13)7-9-4-3-5-10(6-9)8-16(12,14)15/h3-6H,7-8H2,1-2H3. The van der Waals surface area contributed by atoms with Gasteiger partial charge in [-0.3, -0.25) is 0 Å². The minimum atomic E-state index is -3.56. The lowest BCUT2D eigenvalue weighted by Gasteiger charge is -2.14. The van der Waals surface area contributed by atoms with Crippen LogP contribution in [0.5, 0.6) is 0 Å². The molecule has 0 aliphatic heterocycles. The Morgan fingerprint density at radius 3 is 2.38 bits per heavy atom. The first-order valence-corrected chi connectivity index (χ1v) is 7.33. The monoisotopic (exact) mass is 264 g/mol. The number of alkyl halides is 1. The van der Waals surface area contributed by atoms with Gasteiger partial charge in [0.15, 0.2) is 0 Å². The van der Waals surface area contributed by atoms with Crippen molar-refractivity contribution in [2.45, 2.75) is 31.7 Å². The molecule has 2 nitrogen and oxygen atoms in total. The largest absolute Gasteiger partial charge is 0.244 e. The molecule has 0 atom stereocenters. The molecule has 0 bridgehead atoms. The zero-order chi connectivity index (χ0) is 12.4. The van der Waals surface area contributed by atoms with Crippen LogP contribution >= 0.6 is 10.7 Å². The van der Waals surface area contributed by atoms with Crippen LogP contribution in [0.3, 0.4) is 0 Å². The van der Waals surface area contributed by atoms with Gasteiger partial charge in [-0.2, -0.15) is 0 Å². The van der Waals surface area contributed by atoms with Crippen molar-refractivity contribution in [2.75, 3.05) is 0 Å². The summed E-state index contributed by atoms with van der Waals surface area (Å²) in [4.78, 5) is 0. The van der Waals surface area contributed by atoms with Gasteiger partial charge in [-0.25, -0.2) is 12.8 Å². The van der Waals surface area contributed by atoms with E-state index in [1.807, 2.05) is 0 Å². The van der Waals surface area contributed by atoms with Gasteiger partial charge >= 0.3 is 0 Å². The van der Waals surface area contributed by atoms with Crippen LogP contribution in [0.25, 0.3) is 0 Å². The maximum absolute atomic E-state index is 13.4. The molecular weight excluding hydrogens is 251 g/mol. The predicted octanol–water partition coefficient (Wildman–Crippen LogP) is 3.05. The number of hydrogen-bond donors (Lipinski definition) is 0. The molecule has 5 heteroatoms. The van der Waals surface area contributed by atoms with Crippen molar-refractivity contribution in [3.05, 3.63) is 35.4 Å². The number of halogens is 2. The summed E-state index contributed by atoms with van der Waals surface area (Å²) in [6.07, 6.45) is 0.253. The normalized spacial score (nSPS) is 12.8. The highest BCUT2D eigenvalue weighted by Crippen LogP contribution is 2.19. The molecule has 0 saturated heterocycles. The number of benzene rings is 1. The van der Waals surface area contributed by atoms with Gasteiger partial charge in [0, 0.05) is 17.1 Å². The van der Waals surface area contributed by atoms with Gasteiger partial charge in [-0.1, -0.05) is 24.3 Å². The second-order valence-electron chi connectivity index (χ2n) is 4.40. The van der Waals surface area contributed by atoms with Crippen molar-refractivity contribution in [3.63, 3.8) is 0 Å². The molecule has 0 amide bonds. The summed E-state index contributed by atoms with van der Waals surface area (Å²) in [5.74, 6) is -0.227. The molecule has 0 radical (unpaired) electrons. The van der Waals surface area contributed by atoms with E-state index in [4.69, 9.17) is 10.7 Å². The first-order valence-electron chi connectivity index (χ1n) is 4.85. The maximum Gasteiger partial charge on any atom is 0.236 e. The van der Waals surface area contributed by atoms with Crippen molar-refractivity contribution in [3.8, 4) is 0 Å². The fourth-order valence-corrected chi connectivity index (χ4v) is 2.47. The van der Waals surface area contributed by atoms with E-state index in [0.29, 0.717) is 5.56 Å². The molecule has 0 unspecified atom stereocenters. The fraction of sp³-hybridized carbons (Fsp3) is 0.455. The third-order valence-electron chi connectivity index (χ3n) is 1.95. The lowest BCUT2D eigenvalue weighted by Crippen LogP contribution is -2.15. The summed E-state index contributed by atoms with van der Waals surface area (Å²) >= 11 is 0. The highest BCUT2D eigenvalue weighted by Gasteiger charge is 2.16. The molecule has 1 aromatic rings. The third-order valence-corrected chi connectivity index (χ3v) is 2.96. The van der Waals surface area contributed by atoms with Gasteiger partial charge < -0.3 is 0 Å². The van der Waals surface area contributed by atoms with E-state index >= 15 is 0 Å². The van der Waals surface area contributed by atoms with Crippen LogP contribution in [-0.2, 0) is 21.2 Å². The van der Waals surface area contributed by atoms with E-state index in [0.717, 1.165) is 5.56 Å². The first-order chi connectivity index (χ1) is 7.16. The quantitative estimate of drug-likeness (QED) is 0.784. The molecule has 0 fully saturated rings. The second-order valence-corrected chi connectivity index (χ2v) is 7.18. The molecule has 0 aliphatic carbocycles. The van der Waals surface area contributed by atoms with E-state index in [2.05, 4.69) is 0 Å². The lowest BCUT2D eigenvalue weighted by molar-refractivity contribution is 0.217. The Balaban J connectivity index is 2.88. The van der Waals surface area contributed by atoms with Gasteiger partial charge in [0.2, 0.25) is 9.05 Å². The smallest absolute Gasteiger partial charge is 0.236 e. The molecule has 1 aromatic carbocycles. The third kappa shape index (κ3) is 5.47. The Hall–Kier alpha value is -0.610. The van der Waals surface area contributed by atoms with Gasteiger partial charge in [0.25, 0.3) is 0 Å². The topological polar surface area (TPSA) is 34.1 Å². The molecule has 0 spiro atoms. The van der Waals surface area contributed by atoms with Crippen molar-refractivity contribution >= 4 is 19.7 Å². The Morgan fingerprint density at radius 2 is 1.88 bits per heavy atom. The molecular formula is C11H14ClFO2S. The van der Waals surface area contributed by atoms with E-state index in [9.17, 15) is 12.8 Å². The summed E-state index contributed by atoms with van der Waals surface area (Å²) in [5.41, 5.74) is 0.0421. The SMILES string of the molecule is CC(C)(F)Cc1cccc(CS(=O)(=O)Cl)c1. The van der Waals surface area contributed by atoms with Crippen LogP contribution in [0.1, 0.15) is 25.0 Å². The molecule has 0 aliphatic rings. The van der Waals surface area contributed by atoms with Gasteiger partial charge in [-0.05, 0) is 25.0 Å². The minimum Gasteiger partial charge on any atom is -0.244 e. The van der Waals surface area contributed by atoms with Crippen molar-refractivity contribution in [1.29, 1.82) is 0 Å². The highest BCUT2D eigenvalue weighted by atomic mass is 35.7. The highest BCUT2D eigenvalue weighted by molar-refractivity contribution is 8.13. The fourth-order valence-electron chi connectivity index (χ4n) is 1.51. The summed E-state index contributed by atoms with van der Waals surface area (Å²) in [6.45, 7) is 2.97. The zero-order valence-electron chi connectivity index (χ0n) is 9.20. The Morgan fingerprint density at radius 1 is 1.31 bits per heavy atom. The predicted molar refractivity (Wildman–Crippen MR) is 63.8 cm³/mol. The van der Waals surface area contributed by atoms with Gasteiger partial charge in [-0.15, -0.1) is 0 Å². The molecule has 1 rings (SSSR count). The van der Waals surface area contributed by atoms with Crippen LogP contribution in [0.15, 0.2) is 24.3 Å². The van der Waals surface area contributed by atoms with Crippen LogP contribution < -0.4 is 0 Å². The molecule has 0 N–H and O–H groups in total. The van der Waals surface area contributed by atoms with Crippen LogP contribution in [-0.4, -0.2) is 14.1 Å². The summed E-state index contributed by atoms with van der Waals surface area (Å²) < 4.78 is 35.2. The average Bonchev–Trinajstić information content (AvgIpc) is 1.96. The molecule has 90 valence electrons. The van der Waals surface area contributed by atoms with E-state index < -0.39 is 14.7 Å². The Kier molecular flexibility index (Phi) is 3.97. The summed E-state index contributed by atoms with van der Waals surface area (Å²) in [6, 6.07) is 6.81. The summed E-state index contributed by atoms with van der Waals surface area (Å²) in [7, 11) is 1.59. The van der Waals surface area contributed by atoms with Crippen molar-refractivity contribution in [2.24, 2.45) is 0 Å².